The van der Waals surface area contributed by atoms with E-state index in [2.05, 4.69) is 37.6 Å². The van der Waals surface area contributed by atoms with Crippen molar-refractivity contribution in [3.8, 4) is 0 Å². The highest BCUT2D eigenvalue weighted by Crippen LogP contribution is 1.97. The number of rotatable bonds is 8. The first-order valence-electron chi connectivity index (χ1n) is 5.31. The maximum absolute atomic E-state index is 3.77. The lowest BCUT2D eigenvalue weighted by Gasteiger charge is -2.26. The van der Waals surface area contributed by atoms with Crippen molar-refractivity contribution in [3.05, 3.63) is 12.7 Å². The van der Waals surface area contributed by atoms with Crippen LogP contribution in [0.3, 0.4) is 0 Å². The zero-order chi connectivity index (χ0) is 10.1. The number of nitrogens with zero attached hydrogens (tertiary/aromatic N) is 1. The highest BCUT2D eigenvalue weighted by Gasteiger charge is 2.08. The molecule has 0 radical (unpaired) electrons. The van der Waals surface area contributed by atoms with Crippen molar-refractivity contribution in [2.24, 2.45) is 0 Å². The van der Waals surface area contributed by atoms with Crippen LogP contribution in [0.5, 0.6) is 0 Å². The highest BCUT2D eigenvalue weighted by atomic mass is 15.2. The summed E-state index contributed by atoms with van der Waals surface area (Å²) in [5.41, 5.74) is 0. The van der Waals surface area contributed by atoms with Gasteiger partial charge in [0.25, 0.3) is 0 Å². The molecular weight excluding hydrogens is 160 g/mol. The van der Waals surface area contributed by atoms with Crippen LogP contribution in [0.4, 0.5) is 0 Å². The Balaban J connectivity index is 3.63. The van der Waals surface area contributed by atoms with Crippen molar-refractivity contribution in [2.75, 3.05) is 26.2 Å². The van der Waals surface area contributed by atoms with E-state index in [1.54, 1.807) is 0 Å². The summed E-state index contributed by atoms with van der Waals surface area (Å²) in [4.78, 5) is 2.41. The minimum Gasteiger partial charge on any atom is -0.315 e. The Morgan fingerprint density at radius 2 is 2.15 bits per heavy atom. The SMILES string of the molecule is C=CCN(CC)C(C)CNCCC. The molecule has 0 rings (SSSR count). The fourth-order valence-corrected chi connectivity index (χ4v) is 1.40. The Morgan fingerprint density at radius 3 is 2.62 bits per heavy atom. The molecule has 78 valence electrons. The topological polar surface area (TPSA) is 15.3 Å². The molecule has 0 aliphatic rings. The molecule has 1 unspecified atom stereocenters. The number of hydrogen-bond donors (Lipinski definition) is 1. The van der Waals surface area contributed by atoms with Gasteiger partial charge in [-0.15, -0.1) is 6.58 Å². The smallest absolute Gasteiger partial charge is 0.0195 e. The van der Waals surface area contributed by atoms with Gasteiger partial charge >= 0.3 is 0 Å². The molecule has 0 saturated heterocycles. The third-order valence-corrected chi connectivity index (χ3v) is 2.26. The van der Waals surface area contributed by atoms with Gasteiger partial charge in [-0.2, -0.15) is 0 Å². The van der Waals surface area contributed by atoms with Crippen molar-refractivity contribution < 1.29 is 0 Å². The molecule has 13 heavy (non-hydrogen) atoms. The molecule has 0 fully saturated rings. The first-order valence-corrected chi connectivity index (χ1v) is 5.31. The first kappa shape index (κ1) is 12.7. The van der Waals surface area contributed by atoms with Gasteiger partial charge < -0.3 is 5.32 Å². The largest absolute Gasteiger partial charge is 0.315 e. The lowest BCUT2D eigenvalue weighted by atomic mass is 10.2. The van der Waals surface area contributed by atoms with Crippen LogP contribution in [0.15, 0.2) is 12.7 Å². The summed E-state index contributed by atoms with van der Waals surface area (Å²) >= 11 is 0. The maximum atomic E-state index is 3.77. The van der Waals surface area contributed by atoms with Crippen LogP contribution in [0.2, 0.25) is 0 Å². The number of hydrogen-bond acceptors (Lipinski definition) is 2. The predicted octanol–water partition coefficient (Wildman–Crippen LogP) is 1.88. The van der Waals surface area contributed by atoms with E-state index in [1.807, 2.05) is 6.08 Å². The lowest BCUT2D eigenvalue weighted by molar-refractivity contribution is 0.238. The van der Waals surface area contributed by atoms with Crippen molar-refractivity contribution in [2.45, 2.75) is 33.2 Å². The minimum atomic E-state index is 0.606. The zero-order valence-electron chi connectivity index (χ0n) is 9.34. The van der Waals surface area contributed by atoms with E-state index < -0.39 is 0 Å². The van der Waals surface area contributed by atoms with Crippen LogP contribution in [0, 0.1) is 0 Å². The van der Waals surface area contributed by atoms with Crippen LogP contribution in [0.25, 0.3) is 0 Å². The fourth-order valence-electron chi connectivity index (χ4n) is 1.40. The Bertz CT molecular complexity index is 123. The van der Waals surface area contributed by atoms with Crippen LogP contribution < -0.4 is 5.32 Å². The van der Waals surface area contributed by atoms with Gasteiger partial charge in [0.05, 0.1) is 0 Å². The molecule has 0 spiro atoms. The van der Waals surface area contributed by atoms with Crippen molar-refractivity contribution in [1.29, 1.82) is 0 Å². The number of nitrogens with one attached hydrogen (secondary N) is 1. The van der Waals surface area contributed by atoms with Gasteiger partial charge in [-0.05, 0) is 26.4 Å². The predicted molar refractivity (Wildman–Crippen MR) is 60.1 cm³/mol. The molecule has 0 heterocycles. The summed E-state index contributed by atoms with van der Waals surface area (Å²) < 4.78 is 0. The Hall–Kier alpha value is -0.340. The van der Waals surface area contributed by atoms with Gasteiger partial charge in [0.2, 0.25) is 0 Å². The van der Waals surface area contributed by atoms with Crippen molar-refractivity contribution >= 4 is 0 Å². The monoisotopic (exact) mass is 184 g/mol. The second-order valence-electron chi connectivity index (χ2n) is 3.43. The van der Waals surface area contributed by atoms with Gasteiger partial charge in [0.1, 0.15) is 0 Å². The lowest BCUT2D eigenvalue weighted by Crippen LogP contribution is -2.40. The zero-order valence-corrected chi connectivity index (χ0v) is 9.34. The molecule has 1 N–H and O–H groups in total. The van der Waals surface area contributed by atoms with Crippen molar-refractivity contribution in [3.63, 3.8) is 0 Å². The van der Waals surface area contributed by atoms with Gasteiger partial charge in [0.15, 0.2) is 0 Å². The summed E-state index contributed by atoms with van der Waals surface area (Å²) in [5, 5.41) is 3.43. The average molecular weight is 184 g/mol. The van der Waals surface area contributed by atoms with E-state index in [0.29, 0.717) is 6.04 Å². The van der Waals surface area contributed by atoms with Gasteiger partial charge in [-0.25, -0.2) is 0 Å². The summed E-state index contributed by atoms with van der Waals surface area (Å²) in [7, 11) is 0. The van der Waals surface area contributed by atoms with Gasteiger partial charge in [0, 0.05) is 19.1 Å². The normalized spacial score (nSPS) is 13.2. The number of likely N-dealkylation sites (N-methyl/N-ethyl adjacent to an activating group) is 1. The molecular formula is C11H24N2. The van der Waals surface area contributed by atoms with E-state index in [9.17, 15) is 0 Å². The third-order valence-electron chi connectivity index (χ3n) is 2.26. The Morgan fingerprint density at radius 1 is 1.46 bits per heavy atom. The summed E-state index contributed by atoms with van der Waals surface area (Å²) in [6, 6.07) is 0.606. The molecule has 0 aromatic rings. The van der Waals surface area contributed by atoms with E-state index in [1.165, 1.54) is 6.42 Å². The van der Waals surface area contributed by atoms with Gasteiger partial charge in [-0.1, -0.05) is 19.9 Å². The van der Waals surface area contributed by atoms with E-state index in [4.69, 9.17) is 0 Å². The van der Waals surface area contributed by atoms with E-state index in [-0.39, 0.29) is 0 Å². The second kappa shape index (κ2) is 8.27. The molecule has 0 saturated carbocycles. The Labute approximate surface area is 83.0 Å². The van der Waals surface area contributed by atoms with E-state index >= 15 is 0 Å². The molecule has 0 aromatic carbocycles. The molecule has 2 heteroatoms. The molecule has 0 aliphatic carbocycles. The molecule has 0 aromatic heterocycles. The summed E-state index contributed by atoms with van der Waals surface area (Å²) in [6.07, 6.45) is 3.18. The molecule has 0 amide bonds. The van der Waals surface area contributed by atoms with Crippen LogP contribution in [-0.4, -0.2) is 37.1 Å². The third kappa shape index (κ3) is 5.83. The molecule has 0 bridgehead atoms. The Kier molecular flexibility index (Phi) is 8.05. The quantitative estimate of drug-likeness (QED) is 0.458. The molecule has 0 aliphatic heterocycles. The summed E-state index contributed by atoms with van der Waals surface area (Å²) in [5.74, 6) is 0. The molecule has 1 atom stereocenters. The summed E-state index contributed by atoms with van der Waals surface area (Å²) in [6.45, 7) is 14.7. The van der Waals surface area contributed by atoms with Gasteiger partial charge in [-0.3, -0.25) is 4.90 Å². The first-order chi connectivity index (χ1) is 6.26. The highest BCUT2D eigenvalue weighted by molar-refractivity contribution is 4.77. The van der Waals surface area contributed by atoms with Crippen LogP contribution >= 0.6 is 0 Å². The average Bonchev–Trinajstić information content (AvgIpc) is 2.14. The molecule has 2 nitrogen and oxygen atoms in total. The standard InChI is InChI=1S/C11H24N2/c1-5-8-12-10-11(4)13(7-3)9-6-2/h6,11-12H,2,5,7-10H2,1,3-4H3. The fraction of sp³-hybridized carbons (Fsp3) is 0.818. The van der Waals surface area contributed by atoms with Crippen LogP contribution in [-0.2, 0) is 0 Å². The maximum Gasteiger partial charge on any atom is 0.0195 e. The second-order valence-corrected chi connectivity index (χ2v) is 3.43. The van der Waals surface area contributed by atoms with Crippen molar-refractivity contribution in [1.82, 2.24) is 10.2 Å². The van der Waals surface area contributed by atoms with Crippen LogP contribution in [0.1, 0.15) is 27.2 Å². The minimum absolute atomic E-state index is 0.606. The van der Waals surface area contributed by atoms with E-state index in [0.717, 1.165) is 26.2 Å².